The van der Waals surface area contributed by atoms with Crippen LogP contribution in [0, 0.1) is 0 Å². The molecule has 0 spiro atoms. The molecule has 24 heavy (non-hydrogen) atoms. The van der Waals surface area contributed by atoms with Gasteiger partial charge >= 0.3 is 5.97 Å². The number of hydrogen-bond acceptors (Lipinski definition) is 5. The van der Waals surface area contributed by atoms with Crippen molar-refractivity contribution in [1.82, 2.24) is 10.3 Å². The molecule has 1 aliphatic rings. The highest BCUT2D eigenvalue weighted by Gasteiger charge is 2.31. The third kappa shape index (κ3) is 3.33. The van der Waals surface area contributed by atoms with Gasteiger partial charge in [0.2, 0.25) is 0 Å². The summed E-state index contributed by atoms with van der Waals surface area (Å²) >= 11 is 1.59. The lowest BCUT2D eigenvalue weighted by molar-refractivity contribution is -0.131. The van der Waals surface area contributed by atoms with E-state index in [2.05, 4.69) is 24.1 Å². The summed E-state index contributed by atoms with van der Waals surface area (Å²) in [6, 6.07) is 7.00. The summed E-state index contributed by atoms with van der Waals surface area (Å²) in [5.41, 5.74) is 2.22. The van der Waals surface area contributed by atoms with Crippen LogP contribution >= 0.6 is 11.3 Å². The SMILES string of the molecule is CC(C)c1nc(C(C)NC(=O)C2Cc3ccccc3C(=O)O2)cs1. The normalized spacial score (nSPS) is 18.0. The van der Waals surface area contributed by atoms with Crippen molar-refractivity contribution in [2.45, 2.75) is 45.3 Å². The number of carbonyl (C=O) groups is 2. The molecule has 1 aromatic heterocycles. The zero-order chi connectivity index (χ0) is 17.3. The van der Waals surface area contributed by atoms with Crippen molar-refractivity contribution in [3.8, 4) is 0 Å². The van der Waals surface area contributed by atoms with E-state index in [-0.39, 0.29) is 11.9 Å². The number of amides is 1. The van der Waals surface area contributed by atoms with E-state index in [0.717, 1.165) is 16.3 Å². The summed E-state index contributed by atoms with van der Waals surface area (Å²) in [5.74, 6) is -0.368. The third-order valence-corrected chi connectivity index (χ3v) is 5.18. The Morgan fingerprint density at radius 1 is 1.33 bits per heavy atom. The van der Waals surface area contributed by atoms with Crippen LogP contribution in [0.1, 0.15) is 59.4 Å². The van der Waals surface area contributed by atoms with Crippen molar-refractivity contribution < 1.29 is 14.3 Å². The first-order chi connectivity index (χ1) is 11.5. The highest BCUT2D eigenvalue weighted by Crippen LogP contribution is 2.24. The van der Waals surface area contributed by atoms with Crippen LogP contribution in [0.4, 0.5) is 0 Å². The van der Waals surface area contributed by atoms with Gasteiger partial charge in [-0.3, -0.25) is 4.79 Å². The Morgan fingerprint density at radius 2 is 2.08 bits per heavy atom. The van der Waals surface area contributed by atoms with E-state index >= 15 is 0 Å². The Balaban J connectivity index is 1.68. The van der Waals surface area contributed by atoms with Crippen molar-refractivity contribution in [3.05, 3.63) is 51.5 Å². The first-order valence-corrected chi connectivity index (χ1v) is 8.88. The molecule has 2 heterocycles. The third-order valence-electron chi connectivity index (χ3n) is 4.02. The van der Waals surface area contributed by atoms with Crippen LogP contribution in [0.3, 0.4) is 0 Å². The van der Waals surface area contributed by atoms with Crippen molar-refractivity contribution >= 4 is 23.2 Å². The van der Waals surface area contributed by atoms with Gasteiger partial charge in [-0.1, -0.05) is 32.0 Å². The van der Waals surface area contributed by atoms with Gasteiger partial charge in [-0.05, 0) is 18.6 Å². The van der Waals surface area contributed by atoms with E-state index in [1.165, 1.54) is 0 Å². The van der Waals surface area contributed by atoms with Crippen LogP contribution in [0.15, 0.2) is 29.6 Å². The lowest BCUT2D eigenvalue weighted by atomic mass is 9.98. The summed E-state index contributed by atoms with van der Waals surface area (Å²) in [5, 5.41) is 5.90. The van der Waals surface area contributed by atoms with Gasteiger partial charge in [-0.25, -0.2) is 9.78 Å². The van der Waals surface area contributed by atoms with Gasteiger partial charge in [0.25, 0.3) is 5.91 Å². The minimum absolute atomic E-state index is 0.225. The number of aromatic nitrogens is 1. The maximum Gasteiger partial charge on any atom is 0.339 e. The molecule has 0 saturated heterocycles. The summed E-state index contributed by atoms with van der Waals surface area (Å²) in [6.07, 6.45) is -0.396. The predicted octanol–water partition coefficient (Wildman–Crippen LogP) is 3.23. The maximum atomic E-state index is 12.5. The van der Waals surface area contributed by atoms with Gasteiger partial charge in [-0.2, -0.15) is 0 Å². The van der Waals surface area contributed by atoms with E-state index in [0.29, 0.717) is 17.9 Å². The molecule has 0 aliphatic carbocycles. The highest BCUT2D eigenvalue weighted by atomic mass is 32.1. The number of carbonyl (C=O) groups excluding carboxylic acids is 2. The summed E-state index contributed by atoms with van der Waals surface area (Å²) in [7, 11) is 0. The molecule has 3 rings (SSSR count). The molecular formula is C18H20N2O3S. The van der Waals surface area contributed by atoms with Gasteiger partial charge in [-0.15, -0.1) is 11.3 Å². The Kier molecular flexibility index (Phi) is 4.66. The summed E-state index contributed by atoms with van der Waals surface area (Å²) in [4.78, 5) is 29.0. The zero-order valence-corrected chi connectivity index (χ0v) is 14.7. The zero-order valence-electron chi connectivity index (χ0n) is 13.9. The van der Waals surface area contributed by atoms with E-state index in [4.69, 9.17) is 4.74 Å². The minimum atomic E-state index is -0.793. The van der Waals surface area contributed by atoms with Gasteiger partial charge in [0, 0.05) is 17.7 Å². The molecule has 126 valence electrons. The van der Waals surface area contributed by atoms with Gasteiger partial charge in [0.15, 0.2) is 6.10 Å². The Bertz CT molecular complexity index is 769. The van der Waals surface area contributed by atoms with Gasteiger partial charge in [0.05, 0.1) is 22.3 Å². The van der Waals surface area contributed by atoms with E-state index < -0.39 is 12.1 Å². The average molecular weight is 344 g/mol. The highest BCUT2D eigenvalue weighted by molar-refractivity contribution is 7.09. The predicted molar refractivity (Wildman–Crippen MR) is 92.1 cm³/mol. The molecule has 0 bridgehead atoms. The fourth-order valence-corrected chi connectivity index (χ4v) is 3.55. The summed E-state index contributed by atoms with van der Waals surface area (Å²) in [6.45, 7) is 6.06. The van der Waals surface area contributed by atoms with Crippen LogP contribution in [0.2, 0.25) is 0 Å². The summed E-state index contributed by atoms with van der Waals surface area (Å²) < 4.78 is 5.29. The lowest BCUT2D eigenvalue weighted by Crippen LogP contribution is -2.42. The number of hydrogen-bond donors (Lipinski definition) is 1. The molecule has 1 aromatic carbocycles. The quantitative estimate of drug-likeness (QED) is 0.865. The monoisotopic (exact) mass is 344 g/mol. The van der Waals surface area contributed by atoms with Gasteiger partial charge < -0.3 is 10.1 Å². The molecule has 1 amide bonds. The van der Waals surface area contributed by atoms with E-state index in [9.17, 15) is 9.59 Å². The number of benzene rings is 1. The first-order valence-electron chi connectivity index (χ1n) is 8.00. The molecule has 5 nitrogen and oxygen atoms in total. The number of cyclic esters (lactones) is 1. The standard InChI is InChI=1S/C18H20N2O3S/c1-10(2)17-20-14(9-24-17)11(3)19-16(21)15-8-12-6-4-5-7-13(12)18(22)23-15/h4-7,9-11,15H,8H2,1-3H3,(H,19,21). The average Bonchev–Trinajstić information content (AvgIpc) is 3.05. The van der Waals surface area contributed by atoms with Crippen LogP contribution in [-0.4, -0.2) is 23.0 Å². The van der Waals surface area contributed by atoms with Crippen molar-refractivity contribution in [2.24, 2.45) is 0 Å². The number of fused-ring (bicyclic) bond motifs is 1. The largest absolute Gasteiger partial charge is 0.448 e. The van der Waals surface area contributed by atoms with Crippen LogP contribution in [0.25, 0.3) is 0 Å². The maximum absolute atomic E-state index is 12.5. The molecule has 1 aliphatic heterocycles. The molecule has 2 atom stereocenters. The number of ether oxygens (including phenoxy) is 1. The number of nitrogens with one attached hydrogen (secondary N) is 1. The number of thiazole rings is 1. The Morgan fingerprint density at radius 3 is 2.79 bits per heavy atom. The molecular weight excluding hydrogens is 324 g/mol. The second-order valence-corrected chi connectivity index (χ2v) is 7.14. The topological polar surface area (TPSA) is 68.3 Å². The second kappa shape index (κ2) is 6.73. The van der Waals surface area contributed by atoms with E-state index in [1.807, 2.05) is 24.4 Å². The second-order valence-electron chi connectivity index (χ2n) is 6.25. The molecule has 6 heteroatoms. The Labute approximate surface area is 145 Å². The van der Waals surface area contributed by atoms with Crippen LogP contribution in [-0.2, 0) is 16.0 Å². The minimum Gasteiger partial charge on any atom is -0.448 e. The van der Waals surface area contributed by atoms with Crippen LogP contribution in [0.5, 0.6) is 0 Å². The van der Waals surface area contributed by atoms with E-state index in [1.54, 1.807) is 23.5 Å². The lowest BCUT2D eigenvalue weighted by Gasteiger charge is -2.25. The fourth-order valence-electron chi connectivity index (χ4n) is 2.62. The van der Waals surface area contributed by atoms with Crippen molar-refractivity contribution in [1.29, 1.82) is 0 Å². The molecule has 0 radical (unpaired) electrons. The van der Waals surface area contributed by atoms with Gasteiger partial charge in [0.1, 0.15) is 0 Å². The molecule has 2 aromatic rings. The first kappa shape index (κ1) is 16.6. The number of nitrogens with zero attached hydrogens (tertiary/aromatic N) is 1. The van der Waals surface area contributed by atoms with Crippen molar-refractivity contribution in [2.75, 3.05) is 0 Å². The molecule has 2 unspecified atom stereocenters. The number of rotatable bonds is 4. The number of esters is 1. The fraction of sp³-hybridized carbons (Fsp3) is 0.389. The molecule has 0 saturated carbocycles. The Hall–Kier alpha value is -2.21. The van der Waals surface area contributed by atoms with Crippen molar-refractivity contribution in [3.63, 3.8) is 0 Å². The molecule has 1 N–H and O–H groups in total. The van der Waals surface area contributed by atoms with Crippen LogP contribution < -0.4 is 5.32 Å². The molecule has 0 fully saturated rings. The smallest absolute Gasteiger partial charge is 0.339 e.